The van der Waals surface area contributed by atoms with Crippen molar-refractivity contribution in [2.75, 3.05) is 39.8 Å². The van der Waals surface area contributed by atoms with Crippen LogP contribution >= 0.6 is 24.0 Å². The van der Waals surface area contributed by atoms with Crippen molar-refractivity contribution in [1.29, 1.82) is 0 Å². The van der Waals surface area contributed by atoms with Gasteiger partial charge in [-0.3, -0.25) is 4.99 Å². The molecule has 0 aromatic heterocycles. The molecule has 0 saturated carbocycles. The molecule has 166 valence electrons. The zero-order valence-electron chi connectivity index (χ0n) is 17.4. The Morgan fingerprint density at radius 1 is 1.34 bits per heavy atom. The molecule has 1 unspecified atom stereocenters. The average Bonchev–Trinajstić information content (AvgIpc) is 2.66. The summed E-state index contributed by atoms with van der Waals surface area (Å²) in [5.41, 5.74) is 0.582. The molecule has 1 aromatic carbocycles. The molecule has 1 fully saturated rings. The lowest BCUT2D eigenvalue weighted by atomic mass is 10.0. The molecule has 0 spiro atoms. The minimum atomic E-state index is -2.91. The fourth-order valence-electron chi connectivity index (χ4n) is 3.41. The molecule has 0 radical (unpaired) electrons. The van der Waals surface area contributed by atoms with Crippen molar-refractivity contribution in [1.82, 2.24) is 15.5 Å². The number of alkyl halides is 2. The molecule has 1 heterocycles. The van der Waals surface area contributed by atoms with Gasteiger partial charge in [0.2, 0.25) is 0 Å². The average molecular weight is 526 g/mol. The predicted octanol–water partition coefficient (Wildman–Crippen LogP) is 3.70. The van der Waals surface area contributed by atoms with Crippen molar-refractivity contribution in [3.05, 3.63) is 23.8 Å². The first-order valence-electron chi connectivity index (χ1n) is 9.89. The highest BCUT2D eigenvalue weighted by Gasteiger charge is 2.17. The van der Waals surface area contributed by atoms with E-state index in [2.05, 4.69) is 27.4 Å². The summed E-state index contributed by atoms with van der Waals surface area (Å²) >= 11 is 0. The minimum Gasteiger partial charge on any atom is -0.490 e. The molecule has 0 bridgehead atoms. The fourth-order valence-corrected chi connectivity index (χ4v) is 3.41. The Morgan fingerprint density at radius 3 is 2.79 bits per heavy atom. The maximum absolute atomic E-state index is 12.8. The molecular formula is C20H33F2IN4O2. The van der Waals surface area contributed by atoms with Gasteiger partial charge in [-0.2, -0.15) is 8.78 Å². The Labute approximate surface area is 189 Å². The van der Waals surface area contributed by atoms with E-state index in [0.717, 1.165) is 32.1 Å². The molecule has 2 N–H and O–H groups in total. The van der Waals surface area contributed by atoms with Crippen molar-refractivity contribution < 1.29 is 18.3 Å². The normalized spacial score (nSPS) is 17.6. The van der Waals surface area contributed by atoms with Crippen LogP contribution in [0.1, 0.15) is 32.3 Å². The Hall–Kier alpha value is -1.36. The first-order valence-corrected chi connectivity index (χ1v) is 9.89. The highest BCUT2D eigenvalue weighted by molar-refractivity contribution is 14.0. The standard InChI is InChI=1S/C20H32F2N4O2.HI/c1-4-27-17-9-5-8-16(18(17)28-19(21)22)13-25-20(23-3)24-10-12-26-11-6-7-15(2)14-26;/h5,8-9,15,19H,4,6-7,10-14H2,1-3H3,(H2,23,24,25);1H. The largest absolute Gasteiger partial charge is 0.490 e. The van der Waals surface area contributed by atoms with Crippen molar-refractivity contribution in [2.45, 2.75) is 39.8 Å². The molecule has 1 aliphatic rings. The monoisotopic (exact) mass is 526 g/mol. The van der Waals surface area contributed by atoms with Crippen LogP contribution in [0.4, 0.5) is 8.78 Å². The van der Waals surface area contributed by atoms with Gasteiger partial charge in [0.05, 0.1) is 6.61 Å². The van der Waals surface area contributed by atoms with Crippen LogP contribution in [0.2, 0.25) is 0 Å². The summed E-state index contributed by atoms with van der Waals surface area (Å²) in [4.78, 5) is 6.66. The van der Waals surface area contributed by atoms with Gasteiger partial charge < -0.3 is 25.0 Å². The number of guanidine groups is 1. The van der Waals surface area contributed by atoms with Crippen LogP contribution in [0.15, 0.2) is 23.2 Å². The Morgan fingerprint density at radius 2 is 2.14 bits per heavy atom. The number of hydrogen-bond donors (Lipinski definition) is 2. The lowest BCUT2D eigenvalue weighted by Gasteiger charge is -2.30. The third kappa shape index (κ3) is 8.90. The second-order valence-electron chi connectivity index (χ2n) is 6.96. The van der Waals surface area contributed by atoms with E-state index >= 15 is 0 Å². The van der Waals surface area contributed by atoms with Crippen molar-refractivity contribution in [2.24, 2.45) is 10.9 Å². The van der Waals surface area contributed by atoms with Crippen LogP contribution in [0.5, 0.6) is 11.5 Å². The number of hydrogen-bond acceptors (Lipinski definition) is 4. The van der Waals surface area contributed by atoms with E-state index < -0.39 is 6.61 Å². The van der Waals surface area contributed by atoms with Crippen LogP contribution in [0, 0.1) is 5.92 Å². The van der Waals surface area contributed by atoms with Crippen molar-refractivity contribution >= 4 is 29.9 Å². The number of para-hydroxylation sites is 1. The third-order valence-corrected chi connectivity index (χ3v) is 4.70. The number of ether oxygens (including phenoxy) is 2. The second-order valence-corrected chi connectivity index (χ2v) is 6.96. The van der Waals surface area contributed by atoms with Gasteiger partial charge >= 0.3 is 6.61 Å². The quantitative estimate of drug-likeness (QED) is 0.292. The van der Waals surface area contributed by atoms with Crippen LogP contribution in [0.25, 0.3) is 0 Å². The number of halogens is 3. The zero-order valence-corrected chi connectivity index (χ0v) is 19.7. The molecule has 9 heteroatoms. The highest BCUT2D eigenvalue weighted by atomic mass is 127. The number of piperidine rings is 1. The summed E-state index contributed by atoms with van der Waals surface area (Å²) in [6.07, 6.45) is 2.55. The van der Waals surface area contributed by atoms with Crippen molar-refractivity contribution in [3.8, 4) is 11.5 Å². The molecule has 6 nitrogen and oxygen atoms in total. The maximum atomic E-state index is 12.8. The molecule has 1 saturated heterocycles. The fraction of sp³-hybridized carbons (Fsp3) is 0.650. The number of aliphatic imine (C=N–C) groups is 1. The number of likely N-dealkylation sites (tertiary alicyclic amines) is 1. The SMILES string of the molecule is CCOc1cccc(CNC(=NC)NCCN2CCCC(C)C2)c1OC(F)F.I. The summed E-state index contributed by atoms with van der Waals surface area (Å²) in [5, 5.41) is 6.43. The number of nitrogens with one attached hydrogen (secondary N) is 2. The van der Waals surface area contributed by atoms with Gasteiger partial charge in [-0.05, 0) is 38.3 Å². The van der Waals surface area contributed by atoms with Crippen LogP contribution in [-0.2, 0) is 6.54 Å². The van der Waals surface area contributed by atoms with Gasteiger partial charge in [-0.25, -0.2) is 0 Å². The van der Waals surface area contributed by atoms with Gasteiger partial charge in [-0.15, -0.1) is 24.0 Å². The summed E-state index contributed by atoms with van der Waals surface area (Å²) < 4.78 is 35.8. The van der Waals surface area contributed by atoms with Gasteiger partial charge in [0.15, 0.2) is 17.5 Å². The Balaban J connectivity index is 0.00000420. The lowest BCUT2D eigenvalue weighted by Crippen LogP contribution is -2.43. The van der Waals surface area contributed by atoms with E-state index in [0.29, 0.717) is 30.4 Å². The number of nitrogens with zero attached hydrogens (tertiary/aromatic N) is 2. The van der Waals surface area contributed by atoms with Gasteiger partial charge in [0.25, 0.3) is 0 Å². The predicted molar refractivity (Wildman–Crippen MR) is 123 cm³/mol. The van der Waals surface area contributed by atoms with Crippen molar-refractivity contribution in [3.63, 3.8) is 0 Å². The van der Waals surface area contributed by atoms with Gasteiger partial charge in [-0.1, -0.05) is 19.1 Å². The van der Waals surface area contributed by atoms with E-state index in [1.807, 2.05) is 0 Å². The summed E-state index contributed by atoms with van der Waals surface area (Å²) in [6, 6.07) is 5.11. The van der Waals surface area contributed by atoms with Gasteiger partial charge in [0.1, 0.15) is 0 Å². The summed E-state index contributed by atoms with van der Waals surface area (Å²) in [7, 11) is 1.69. The molecule has 0 amide bonds. The van der Waals surface area contributed by atoms with E-state index in [4.69, 9.17) is 9.47 Å². The van der Waals surface area contributed by atoms with E-state index in [-0.39, 0.29) is 29.7 Å². The Bertz CT molecular complexity index is 634. The molecular weight excluding hydrogens is 493 g/mol. The van der Waals surface area contributed by atoms with E-state index in [9.17, 15) is 8.78 Å². The molecule has 2 rings (SSSR count). The summed E-state index contributed by atoms with van der Waals surface area (Å²) in [6.45, 7) is 5.82. The maximum Gasteiger partial charge on any atom is 0.387 e. The topological polar surface area (TPSA) is 58.1 Å². The first kappa shape index (κ1) is 25.7. The number of rotatable bonds is 9. The molecule has 1 aliphatic heterocycles. The molecule has 1 aromatic rings. The smallest absolute Gasteiger partial charge is 0.387 e. The van der Waals surface area contributed by atoms with Crippen LogP contribution < -0.4 is 20.1 Å². The third-order valence-electron chi connectivity index (χ3n) is 4.70. The summed E-state index contributed by atoms with van der Waals surface area (Å²) in [5.74, 6) is 1.74. The van der Waals surface area contributed by atoms with E-state index in [1.165, 1.54) is 12.8 Å². The minimum absolute atomic E-state index is 0. The van der Waals surface area contributed by atoms with Crippen LogP contribution in [0.3, 0.4) is 0 Å². The number of benzene rings is 1. The van der Waals surface area contributed by atoms with Crippen LogP contribution in [-0.4, -0.2) is 57.3 Å². The highest BCUT2D eigenvalue weighted by Crippen LogP contribution is 2.32. The first-order chi connectivity index (χ1) is 13.5. The molecule has 0 aliphatic carbocycles. The van der Waals surface area contributed by atoms with Gasteiger partial charge in [0, 0.05) is 38.8 Å². The Kier molecular flexibility index (Phi) is 12.2. The van der Waals surface area contributed by atoms with E-state index in [1.54, 1.807) is 32.2 Å². The molecule has 1 atom stereocenters. The molecule has 29 heavy (non-hydrogen) atoms. The second kappa shape index (κ2) is 13.8. The lowest BCUT2D eigenvalue weighted by molar-refractivity contribution is -0.0520. The zero-order chi connectivity index (χ0) is 20.4.